The number of thioether (sulfide) groups is 1. The van der Waals surface area contributed by atoms with Crippen molar-refractivity contribution in [2.24, 2.45) is 0 Å². The molecular weight excluding hydrogens is 300 g/mol. The fraction of sp³-hybridized carbons (Fsp3) is 0.188. The van der Waals surface area contributed by atoms with E-state index >= 15 is 0 Å². The number of methoxy groups -OCH3 is 2. The van der Waals surface area contributed by atoms with Crippen molar-refractivity contribution >= 4 is 29.0 Å². The number of carbonyl (C=O) groups is 1. The van der Waals surface area contributed by atoms with Crippen LogP contribution in [-0.2, 0) is 4.79 Å². The Morgan fingerprint density at radius 2 is 1.77 bits per heavy atom. The molecular formula is C16H18N2O3S. The van der Waals surface area contributed by atoms with Gasteiger partial charge < -0.3 is 20.5 Å². The Kier molecular flexibility index (Phi) is 5.55. The molecule has 0 radical (unpaired) electrons. The lowest BCUT2D eigenvalue weighted by Gasteiger charge is -2.10. The number of hydrogen-bond acceptors (Lipinski definition) is 5. The lowest BCUT2D eigenvalue weighted by atomic mass is 10.2. The van der Waals surface area contributed by atoms with Crippen LogP contribution in [0.1, 0.15) is 0 Å². The van der Waals surface area contributed by atoms with Crippen molar-refractivity contribution in [3.63, 3.8) is 0 Å². The van der Waals surface area contributed by atoms with Crippen molar-refractivity contribution in [3.8, 4) is 11.5 Å². The summed E-state index contributed by atoms with van der Waals surface area (Å²) in [7, 11) is 3.13. The number of benzene rings is 2. The van der Waals surface area contributed by atoms with Crippen molar-refractivity contribution in [1.82, 2.24) is 0 Å². The van der Waals surface area contributed by atoms with Crippen LogP contribution in [0.5, 0.6) is 11.5 Å². The Morgan fingerprint density at radius 3 is 2.36 bits per heavy atom. The third kappa shape index (κ3) is 4.33. The van der Waals surface area contributed by atoms with Gasteiger partial charge in [0.1, 0.15) is 11.5 Å². The normalized spacial score (nSPS) is 10.1. The minimum Gasteiger partial charge on any atom is -0.497 e. The highest BCUT2D eigenvalue weighted by molar-refractivity contribution is 8.00. The molecule has 2 aromatic carbocycles. The molecule has 116 valence electrons. The van der Waals surface area contributed by atoms with Crippen LogP contribution in [0.3, 0.4) is 0 Å². The van der Waals surface area contributed by atoms with Crippen molar-refractivity contribution in [1.29, 1.82) is 0 Å². The largest absolute Gasteiger partial charge is 0.497 e. The summed E-state index contributed by atoms with van der Waals surface area (Å²) in [5, 5.41) is 2.82. The topological polar surface area (TPSA) is 73.6 Å². The molecule has 0 bridgehead atoms. The van der Waals surface area contributed by atoms with Crippen LogP contribution in [0.2, 0.25) is 0 Å². The van der Waals surface area contributed by atoms with Crippen LogP contribution >= 0.6 is 11.8 Å². The first-order chi connectivity index (χ1) is 10.6. The zero-order chi connectivity index (χ0) is 15.9. The number of nitrogens with one attached hydrogen (secondary N) is 1. The molecule has 0 atom stereocenters. The predicted molar refractivity (Wildman–Crippen MR) is 89.8 cm³/mol. The number of rotatable bonds is 6. The Labute approximate surface area is 133 Å². The van der Waals surface area contributed by atoms with Gasteiger partial charge in [-0.05, 0) is 12.1 Å². The number of hydrogen-bond donors (Lipinski definition) is 2. The molecule has 0 aliphatic carbocycles. The maximum Gasteiger partial charge on any atom is 0.234 e. The summed E-state index contributed by atoms with van der Waals surface area (Å²) in [6, 6.07) is 12.7. The second-order valence-electron chi connectivity index (χ2n) is 4.48. The maximum absolute atomic E-state index is 12.0. The van der Waals surface area contributed by atoms with Gasteiger partial charge in [0.2, 0.25) is 5.91 Å². The second-order valence-corrected chi connectivity index (χ2v) is 5.49. The molecule has 0 aliphatic heterocycles. The molecule has 0 heterocycles. The SMILES string of the molecule is COc1cc(NC(=O)CSc2ccccc2N)cc(OC)c1. The zero-order valence-electron chi connectivity index (χ0n) is 12.5. The van der Waals surface area contributed by atoms with Crippen molar-refractivity contribution < 1.29 is 14.3 Å². The smallest absolute Gasteiger partial charge is 0.234 e. The van der Waals surface area contributed by atoms with Gasteiger partial charge in [-0.3, -0.25) is 4.79 Å². The first-order valence-corrected chi connectivity index (χ1v) is 7.61. The second kappa shape index (κ2) is 7.61. The average molecular weight is 318 g/mol. The number of carbonyl (C=O) groups excluding carboxylic acids is 1. The first-order valence-electron chi connectivity index (χ1n) is 6.62. The molecule has 0 fully saturated rings. The lowest BCUT2D eigenvalue weighted by Crippen LogP contribution is -2.14. The Morgan fingerprint density at radius 1 is 1.14 bits per heavy atom. The highest BCUT2D eigenvalue weighted by Gasteiger charge is 2.08. The molecule has 0 aromatic heterocycles. The third-order valence-electron chi connectivity index (χ3n) is 2.91. The molecule has 6 heteroatoms. The van der Waals surface area contributed by atoms with Crippen LogP contribution in [0.4, 0.5) is 11.4 Å². The molecule has 0 unspecified atom stereocenters. The van der Waals surface area contributed by atoms with Gasteiger partial charge >= 0.3 is 0 Å². The van der Waals surface area contributed by atoms with E-state index in [1.807, 2.05) is 24.3 Å². The summed E-state index contributed by atoms with van der Waals surface area (Å²) in [4.78, 5) is 12.9. The zero-order valence-corrected chi connectivity index (χ0v) is 13.3. The summed E-state index contributed by atoms with van der Waals surface area (Å²) in [6.07, 6.45) is 0. The highest BCUT2D eigenvalue weighted by Crippen LogP contribution is 2.27. The molecule has 22 heavy (non-hydrogen) atoms. The van der Waals surface area contributed by atoms with E-state index in [4.69, 9.17) is 15.2 Å². The van der Waals surface area contributed by atoms with Gasteiger partial charge in [-0.2, -0.15) is 0 Å². The van der Waals surface area contributed by atoms with Crippen LogP contribution in [0.25, 0.3) is 0 Å². The Bertz CT molecular complexity index is 639. The number of amides is 1. The lowest BCUT2D eigenvalue weighted by molar-refractivity contribution is -0.113. The predicted octanol–water partition coefficient (Wildman–Crippen LogP) is 3.02. The standard InChI is InChI=1S/C16H18N2O3S/c1-20-12-7-11(8-13(9-12)21-2)18-16(19)10-22-15-6-4-3-5-14(15)17/h3-9H,10,17H2,1-2H3,(H,18,19). The molecule has 2 aromatic rings. The van der Waals surface area contributed by atoms with E-state index in [1.165, 1.54) is 11.8 Å². The van der Waals surface area contributed by atoms with Crippen LogP contribution < -0.4 is 20.5 Å². The molecule has 3 N–H and O–H groups in total. The Hall–Kier alpha value is -2.34. The van der Waals surface area contributed by atoms with E-state index in [1.54, 1.807) is 32.4 Å². The molecule has 0 aliphatic rings. The average Bonchev–Trinajstić information content (AvgIpc) is 2.53. The van der Waals surface area contributed by atoms with Gasteiger partial charge in [-0.25, -0.2) is 0 Å². The van der Waals surface area contributed by atoms with Crippen molar-refractivity contribution in [2.45, 2.75) is 4.90 Å². The minimum absolute atomic E-state index is 0.122. The third-order valence-corrected chi connectivity index (χ3v) is 4.00. The van der Waals surface area contributed by atoms with Gasteiger partial charge in [0.05, 0.1) is 20.0 Å². The highest BCUT2D eigenvalue weighted by atomic mass is 32.2. The van der Waals surface area contributed by atoms with E-state index < -0.39 is 0 Å². The number of nitrogens with two attached hydrogens (primary N) is 1. The summed E-state index contributed by atoms with van der Waals surface area (Å²) in [5.74, 6) is 1.39. The molecule has 0 saturated heterocycles. The summed E-state index contributed by atoms with van der Waals surface area (Å²) >= 11 is 1.39. The van der Waals surface area contributed by atoms with E-state index in [-0.39, 0.29) is 11.7 Å². The van der Waals surface area contributed by atoms with Crippen molar-refractivity contribution in [2.75, 3.05) is 31.0 Å². The van der Waals surface area contributed by atoms with Gasteiger partial charge in [0, 0.05) is 34.5 Å². The molecule has 2 rings (SSSR count). The van der Waals surface area contributed by atoms with Crippen molar-refractivity contribution in [3.05, 3.63) is 42.5 Å². The van der Waals surface area contributed by atoms with Crippen LogP contribution in [-0.4, -0.2) is 25.9 Å². The summed E-state index contributed by atoms with van der Waals surface area (Å²) < 4.78 is 10.3. The fourth-order valence-electron chi connectivity index (χ4n) is 1.83. The first kappa shape index (κ1) is 16.0. The molecule has 0 saturated carbocycles. The molecule has 1 amide bonds. The number of ether oxygens (including phenoxy) is 2. The van der Waals surface area contributed by atoms with E-state index in [9.17, 15) is 4.79 Å². The van der Waals surface area contributed by atoms with E-state index in [0.717, 1.165) is 4.90 Å². The maximum atomic E-state index is 12.0. The van der Waals surface area contributed by atoms with E-state index in [0.29, 0.717) is 22.9 Å². The van der Waals surface area contributed by atoms with Gasteiger partial charge in [-0.15, -0.1) is 11.8 Å². The van der Waals surface area contributed by atoms with Crippen LogP contribution in [0.15, 0.2) is 47.4 Å². The quantitative estimate of drug-likeness (QED) is 0.632. The Balaban J connectivity index is 1.98. The molecule has 0 spiro atoms. The minimum atomic E-state index is -0.122. The number of para-hydroxylation sites is 1. The molecule has 5 nitrogen and oxygen atoms in total. The van der Waals surface area contributed by atoms with E-state index in [2.05, 4.69) is 5.32 Å². The van der Waals surface area contributed by atoms with Gasteiger partial charge in [-0.1, -0.05) is 12.1 Å². The van der Waals surface area contributed by atoms with Crippen LogP contribution in [0, 0.1) is 0 Å². The number of anilines is 2. The van der Waals surface area contributed by atoms with Gasteiger partial charge in [0.15, 0.2) is 0 Å². The summed E-state index contributed by atoms with van der Waals surface area (Å²) in [6.45, 7) is 0. The monoisotopic (exact) mass is 318 g/mol. The van der Waals surface area contributed by atoms with Gasteiger partial charge in [0.25, 0.3) is 0 Å². The summed E-state index contributed by atoms with van der Waals surface area (Å²) in [5.41, 5.74) is 7.15. The number of nitrogen functional groups attached to an aromatic ring is 1. The fourth-order valence-corrected chi connectivity index (χ4v) is 2.60.